The van der Waals surface area contributed by atoms with Gasteiger partial charge in [0.2, 0.25) is 0 Å². The second-order valence-corrected chi connectivity index (χ2v) is 2.86. The lowest BCUT2D eigenvalue weighted by molar-refractivity contribution is 0.0687. The number of nitrogens with zero attached hydrogens (tertiary/aromatic N) is 1. The molecular formula is C10H5NO6. The lowest BCUT2D eigenvalue weighted by Crippen LogP contribution is -2.14. The van der Waals surface area contributed by atoms with Gasteiger partial charge in [-0.15, -0.1) is 0 Å². The van der Waals surface area contributed by atoms with Crippen LogP contribution in [0.3, 0.4) is 0 Å². The molecule has 0 bridgehead atoms. The van der Waals surface area contributed by atoms with Crippen LogP contribution in [0.4, 0.5) is 0 Å². The topological polar surface area (TPSA) is 118 Å². The highest BCUT2D eigenvalue weighted by Crippen LogP contribution is 2.16. The minimum Gasteiger partial charge on any atom is -0.476 e. The zero-order chi connectivity index (χ0) is 13.0. The number of pyridine rings is 1. The molecule has 0 saturated heterocycles. The summed E-state index contributed by atoms with van der Waals surface area (Å²) in [6.45, 7) is 0. The third-order valence-corrected chi connectivity index (χ3v) is 2.01. The largest absolute Gasteiger partial charge is 0.476 e. The van der Waals surface area contributed by atoms with Gasteiger partial charge >= 0.3 is 5.97 Å². The molecule has 0 atom stereocenters. The van der Waals surface area contributed by atoms with Gasteiger partial charge < -0.3 is 5.11 Å². The summed E-state index contributed by atoms with van der Waals surface area (Å²) in [7, 11) is 0. The Kier molecular flexibility index (Phi) is 3.55. The molecule has 1 aromatic heterocycles. The molecule has 1 rings (SSSR count). The molecule has 7 heteroatoms. The van der Waals surface area contributed by atoms with E-state index in [1.165, 1.54) is 0 Å². The number of hydrogen-bond donors (Lipinski definition) is 1. The Morgan fingerprint density at radius 2 is 1.41 bits per heavy atom. The third kappa shape index (κ3) is 1.98. The van der Waals surface area contributed by atoms with Crippen molar-refractivity contribution in [2.24, 2.45) is 0 Å². The summed E-state index contributed by atoms with van der Waals surface area (Å²) in [5.41, 5.74) is -2.62. The number of rotatable bonds is 5. The lowest BCUT2D eigenvalue weighted by Gasteiger charge is -2.06. The fourth-order valence-corrected chi connectivity index (χ4v) is 1.27. The molecule has 0 spiro atoms. The average molecular weight is 235 g/mol. The minimum absolute atomic E-state index is 0.0990. The van der Waals surface area contributed by atoms with E-state index in [0.29, 0.717) is 0 Å². The number of aldehydes is 4. The second-order valence-electron chi connectivity index (χ2n) is 2.86. The van der Waals surface area contributed by atoms with Crippen molar-refractivity contribution in [1.29, 1.82) is 0 Å². The molecule has 0 aliphatic heterocycles. The van der Waals surface area contributed by atoms with E-state index in [2.05, 4.69) is 4.98 Å². The van der Waals surface area contributed by atoms with E-state index in [0.717, 1.165) is 0 Å². The lowest BCUT2D eigenvalue weighted by atomic mass is 10.0. The maximum absolute atomic E-state index is 10.8. The molecule has 0 unspecified atom stereocenters. The van der Waals surface area contributed by atoms with Gasteiger partial charge in [0, 0.05) is 5.56 Å². The van der Waals surface area contributed by atoms with Crippen LogP contribution in [-0.4, -0.2) is 41.2 Å². The van der Waals surface area contributed by atoms with Crippen molar-refractivity contribution in [3.05, 3.63) is 28.1 Å². The van der Waals surface area contributed by atoms with Crippen molar-refractivity contribution in [2.75, 3.05) is 0 Å². The zero-order valence-electron chi connectivity index (χ0n) is 8.25. The quantitative estimate of drug-likeness (QED) is 0.715. The van der Waals surface area contributed by atoms with Gasteiger partial charge in [-0.2, -0.15) is 0 Å². The summed E-state index contributed by atoms with van der Waals surface area (Å²) in [4.78, 5) is 56.9. The number of carboxylic acids is 1. The molecule has 17 heavy (non-hydrogen) atoms. The number of carbonyl (C=O) groups is 5. The van der Waals surface area contributed by atoms with Crippen LogP contribution in [0.5, 0.6) is 0 Å². The van der Waals surface area contributed by atoms with Crippen molar-refractivity contribution in [2.45, 2.75) is 0 Å². The highest BCUT2D eigenvalue weighted by atomic mass is 16.4. The van der Waals surface area contributed by atoms with Crippen molar-refractivity contribution < 1.29 is 29.1 Å². The predicted octanol–water partition coefficient (Wildman–Crippen LogP) is 0.0298. The summed E-state index contributed by atoms with van der Waals surface area (Å²) in [5.74, 6) is -1.57. The molecule has 0 radical (unpaired) electrons. The molecule has 0 amide bonds. The number of aromatic nitrogens is 1. The monoisotopic (exact) mass is 235 g/mol. The van der Waals surface area contributed by atoms with Crippen LogP contribution >= 0.6 is 0 Å². The normalized spacial score (nSPS) is 9.41. The predicted molar refractivity (Wildman–Crippen MR) is 52.7 cm³/mol. The Hall–Kier alpha value is -2.70. The molecule has 0 saturated carbocycles. The van der Waals surface area contributed by atoms with Gasteiger partial charge in [-0.05, 0) is 0 Å². The van der Waals surface area contributed by atoms with Crippen LogP contribution in [0, 0.1) is 0 Å². The number of hydrogen-bond acceptors (Lipinski definition) is 6. The highest BCUT2D eigenvalue weighted by Gasteiger charge is 2.22. The maximum atomic E-state index is 10.8. The molecule has 7 nitrogen and oxygen atoms in total. The smallest absolute Gasteiger partial charge is 0.355 e. The van der Waals surface area contributed by atoms with Crippen LogP contribution in [0.1, 0.15) is 52.1 Å². The summed E-state index contributed by atoms with van der Waals surface area (Å²) in [6.07, 6.45) is 0.535. The average Bonchev–Trinajstić information content (AvgIpc) is 2.35. The van der Waals surface area contributed by atoms with Gasteiger partial charge in [-0.25, -0.2) is 9.78 Å². The fraction of sp³-hybridized carbons (Fsp3) is 0. The molecule has 86 valence electrons. The van der Waals surface area contributed by atoms with Crippen LogP contribution in [0.25, 0.3) is 0 Å². The first-order valence-corrected chi connectivity index (χ1v) is 4.22. The summed E-state index contributed by atoms with van der Waals surface area (Å²) in [5, 5.41) is 8.76. The van der Waals surface area contributed by atoms with E-state index in [1.54, 1.807) is 0 Å². The van der Waals surface area contributed by atoms with E-state index >= 15 is 0 Å². The Morgan fingerprint density at radius 1 is 0.882 bits per heavy atom. The number of aromatic carboxylic acids is 1. The number of carboxylic acid groups (broad SMARTS) is 1. The van der Waals surface area contributed by atoms with Crippen molar-refractivity contribution in [3.63, 3.8) is 0 Å². The highest BCUT2D eigenvalue weighted by molar-refractivity contribution is 6.07. The van der Waals surface area contributed by atoms with Crippen molar-refractivity contribution in [1.82, 2.24) is 4.98 Å². The van der Waals surface area contributed by atoms with E-state index in [1.807, 2.05) is 0 Å². The first-order valence-electron chi connectivity index (χ1n) is 4.22. The third-order valence-electron chi connectivity index (χ3n) is 2.01. The minimum atomic E-state index is -1.57. The molecule has 0 fully saturated rings. The standard InChI is InChI=1S/C10H5NO6/c12-1-5-6(2-13)8(4-15)11-9(10(16)17)7(5)3-14/h1-4H,(H,16,17). The van der Waals surface area contributed by atoms with Gasteiger partial charge in [-0.1, -0.05) is 0 Å². The van der Waals surface area contributed by atoms with E-state index in [9.17, 15) is 24.0 Å². The zero-order valence-corrected chi connectivity index (χ0v) is 8.25. The second kappa shape index (κ2) is 4.88. The van der Waals surface area contributed by atoms with Gasteiger partial charge in [0.25, 0.3) is 0 Å². The molecule has 0 aliphatic rings. The van der Waals surface area contributed by atoms with Gasteiger partial charge in [0.1, 0.15) is 5.69 Å². The fourth-order valence-electron chi connectivity index (χ4n) is 1.27. The van der Waals surface area contributed by atoms with Crippen LogP contribution < -0.4 is 0 Å². The SMILES string of the molecule is O=Cc1nc(C(=O)O)c(C=O)c(C=O)c1C=O. The molecule has 1 heterocycles. The Bertz CT molecular complexity index is 534. The summed E-state index contributed by atoms with van der Waals surface area (Å²) < 4.78 is 0. The maximum Gasteiger partial charge on any atom is 0.355 e. The molecule has 1 N–H and O–H groups in total. The summed E-state index contributed by atoms with van der Waals surface area (Å²) >= 11 is 0. The Labute approximate surface area is 94.1 Å². The van der Waals surface area contributed by atoms with Gasteiger partial charge in [0.05, 0.1) is 11.1 Å². The molecular weight excluding hydrogens is 230 g/mol. The molecule has 0 aliphatic carbocycles. The van der Waals surface area contributed by atoms with Crippen LogP contribution in [0.2, 0.25) is 0 Å². The van der Waals surface area contributed by atoms with E-state index in [4.69, 9.17) is 5.11 Å². The van der Waals surface area contributed by atoms with Gasteiger partial charge in [0.15, 0.2) is 30.8 Å². The molecule has 1 aromatic rings. The van der Waals surface area contributed by atoms with Crippen molar-refractivity contribution in [3.8, 4) is 0 Å². The van der Waals surface area contributed by atoms with Crippen LogP contribution in [0.15, 0.2) is 0 Å². The van der Waals surface area contributed by atoms with E-state index < -0.39 is 34.0 Å². The van der Waals surface area contributed by atoms with E-state index in [-0.39, 0.29) is 25.1 Å². The van der Waals surface area contributed by atoms with Crippen LogP contribution in [-0.2, 0) is 0 Å². The first kappa shape index (κ1) is 12.4. The first-order chi connectivity index (χ1) is 8.10. The number of carbonyl (C=O) groups excluding carboxylic acids is 4. The Balaban J connectivity index is 3.84. The van der Waals surface area contributed by atoms with Crippen molar-refractivity contribution >= 4 is 31.1 Å². The summed E-state index contributed by atoms with van der Waals surface area (Å²) in [6, 6.07) is 0. The molecule has 0 aromatic carbocycles. The van der Waals surface area contributed by atoms with Gasteiger partial charge in [-0.3, -0.25) is 19.2 Å². The Morgan fingerprint density at radius 3 is 1.76 bits per heavy atom.